The molecule has 0 fully saturated rings. The maximum atomic E-state index is 13.1. The first-order valence-corrected chi connectivity index (χ1v) is 43.7. The summed E-state index contributed by atoms with van der Waals surface area (Å²) in [4.78, 5) is 72.9. The van der Waals surface area contributed by atoms with Crippen LogP contribution in [-0.4, -0.2) is 96.7 Å². The highest BCUT2D eigenvalue weighted by atomic mass is 31.2. The lowest BCUT2D eigenvalue weighted by molar-refractivity contribution is -0.161. The largest absolute Gasteiger partial charge is 0.472 e. The lowest BCUT2D eigenvalue weighted by atomic mass is 9.99. The molecule has 0 aromatic heterocycles. The summed E-state index contributed by atoms with van der Waals surface area (Å²) in [6.45, 7) is 11.9. The number of esters is 4. The fourth-order valence-corrected chi connectivity index (χ4v) is 13.3. The van der Waals surface area contributed by atoms with E-state index in [-0.39, 0.29) is 25.7 Å². The summed E-state index contributed by atoms with van der Waals surface area (Å²) in [7, 11) is -9.93. The number of allylic oxidation sites excluding steroid dienone is 4. The van der Waals surface area contributed by atoms with Gasteiger partial charge in [-0.1, -0.05) is 336 Å². The Morgan fingerprint density at radius 3 is 0.899 bits per heavy atom. The summed E-state index contributed by atoms with van der Waals surface area (Å²) in [5.41, 5.74) is 0. The monoisotopic (exact) mass is 1450 g/mol. The van der Waals surface area contributed by atoms with E-state index in [0.717, 1.165) is 121 Å². The first-order valence-electron chi connectivity index (χ1n) is 40.7. The van der Waals surface area contributed by atoms with Gasteiger partial charge in [-0.05, 0) is 69.1 Å². The summed E-state index contributed by atoms with van der Waals surface area (Å²) < 4.78 is 68.6. The molecule has 17 nitrogen and oxygen atoms in total. The number of hydrogen-bond acceptors (Lipinski definition) is 15. The van der Waals surface area contributed by atoms with Gasteiger partial charge in [-0.25, -0.2) is 9.13 Å². The molecule has 0 spiro atoms. The Kier molecular flexibility index (Phi) is 68.1. The molecular weight excluding hydrogens is 1290 g/mol. The van der Waals surface area contributed by atoms with Crippen molar-refractivity contribution in [1.82, 2.24) is 0 Å². The van der Waals surface area contributed by atoms with Crippen molar-refractivity contribution in [3.05, 3.63) is 24.3 Å². The van der Waals surface area contributed by atoms with Crippen LogP contribution in [0.3, 0.4) is 0 Å². The Hall–Kier alpha value is -2.46. The van der Waals surface area contributed by atoms with Crippen molar-refractivity contribution in [3.63, 3.8) is 0 Å². The van der Waals surface area contributed by atoms with Crippen molar-refractivity contribution in [2.45, 2.75) is 407 Å². The van der Waals surface area contributed by atoms with Crippen LogP contribution in [0, 0.1) is 17.8 Å². The van der Waals surface area contributed by atoms with E-state index in [2.05, 4.69) is 72.8 Å². The summed E-state index contributed by atoms with van der Waals surface area (Å²) >= 11 is 0. The number of phosphoric ester groups is 2. The van der Waals surface area contributed by atoms with E-state index in [9.17, 15) is 43.2 Å². The third-order valence-electron chi connectivity index (χ3n) is 18.4. The fourth-order valence-electron chi connectivity index (χ4n) is 11.7. The van der Waals surface area contributed by atoms with Gasteiger partial charge in [0.2, 0.25) is 0 Å². The van der Waals surface area contributed by atoms with Crippen LogP contribution in [-0.2, 0) is 65.4 Å². The summed E-state index contributed by atoms with van der Waals surface area (Å²) in [6.07, 6.45) is 60.5. The van der Waals surface area contributed by atoms with Crippen molar-refractivity contribution < 1.29 is 80.2 Å². The van der Waals surface area contributed by atoms with E-state index >= 15 is 0 Å². The molecule has 0 saturated carbocycles. The maximum absolute atomic E-state index is 13.1. The Labute approximate surface area is 605 Å². The summed E-state index contributed by atoms with van der Waals surface area (Å²) in [5, 5.41) is 10.6. The minimum absolute atomic E-state index is 0.0838. The van der Waals surface area contributed by atoms with E-state index in [4.69, 9.17) is 37.0 Å². The standard InChI is InChI=1S/C80H152O17P2/c1-8-10-11-12-13-14-15-16-17-25-30-35-40-49-56-64-80(85)97-76(68-91-78(83)62-55-48-43-42-45-52-59-72(5)6)70-95-99(88,89)93-66-74(81)65-92-98(86,87)94-69-75(67-90-77(82)61-54-47-39-34-29-24-20-18-22-27-32-37-44-51-58-71(3)4)96-79(84)63-57-50-41-36-31-26-21-19-23-28-33-38-46-53-60-73(7)9-2/h14-17,71-76,81H,8-13,18-70H2,1-7H3,(H,86,87)(H,88,89)/b15-14-,17-16-/t73?,74-,75-,76-/m1/s1. The summed E-state index contributed by atoms with van der Waals surface area (Å²) in [6, 6.07) is 0. The van der Waals surface area contributed by atoms with E-state index < -0.39 is 97.5 Å². The van der Waals surface area contributed by atoms with Gasteiger partial charge in [-0.3, -0.25) is 37.3 Å². The third kappa shape index (κ3) is 72.3. The number of aliphatic hydroxyl groups is 1. The minimum atomic E-state index is -4.97. The lowest BCUT2D eigenvalue weighted by Gasteiger charge is -2.21. The van der Waals surface area contributed by atoms with E-state index in [1.54, 1.807) is 0 Å². The Morgan fingerprint density at radius 2 is 0.596 bits per heavy atom. The lowest BCUT2D eigenvalue weighted by Crippen LogP contribution is -2.30. The second-order valence-corrected chi connectivity index (χ2v) is 32.2. The van der Waals surface area contributed by atoms with Crippen molar-refractivity contribution >= 4 is 39.5 Å². The number of aliphatic hydroxyl groups excluding tert-OH is 1. The van der Waals surface area contributed by atoms with Crippen LogP contribution in [0.1, 0.15) is 389 Å². The molecule has 0 aliphatic carbocycles. The summed E-state index contributed by atoms with van der Waals surface area (Å²) in [5.74, 6) is 0.173. The predicted molar refractivity (Wildman–Crippen MR) is 404 cm³/mol. The fraction of sp³-hybridized carbons (Fsp3) is 0.900. The molecular formula is C80H152O17P2. The quantitative estimate of drug-likeness (QED) is 0.0169. The van der Waals surface area contributed by atoms with Gasteiger partial charge in [0.05, 0.1) is 26.4 Å². The zero-order chi connectivity index (χ0) is 73.0. The molecule has 0 bridgehead atoms. The second-order valence-electron chi connectivity index (χ2n) is 29.3. The molecule has 3 unspecified atom stereocenters. The second kappa shape index (κ2) is 69.9. The van der Waals surface area contributed by atoms with Crippen LogP contribution in [0.15, 0.2) is 24.3 Å². The molecule has 0 aromatic rings. The molecule has 6 atom stereocenters. The smallest absolute Gasteiger partial charge is 0.462 e. The average molecular weight is 1450 g/mol. The average Bonchev–Trinajstić information content (AvgIpc) is 1.03. The highest BCUT2D eigenvalue weighted by Gasteiger charge is 2.30. The molecule has 0 aliphatic rings. The number of hydrogen-bond donors (Lipinski definition) is 3. The normalized spacial score (nSPS) is 14.4. The third-order valence-corrected chi connectivity index (χ3v) is 20.3. The van der Waals surface area contributed by atoms with Gasteiger partial charge in [0.1, 0.15) is 19.3 Å². The Balaban J connectivity index is 5.27. The molecule has 0 radical (unpaired) electrons. The molecule has 0 heterocycles. The maximum Gasteiger partial charge on any atom is 0.472 e. The molecule has 0 aliphatic heterocycles. The van der Waals surface area contributed by atoms with Crippen molar-refractivity contribution in [2.75, 3.05) is 39.6 Å². The highest BCUT2D eigenvalue weighted by molar-refractivity contribution is 7.47. The van der Waals surface area contributed by atoms with Crippen LogP contribution in [0.5, 0.6) is 0 Å². The van der Waals surface area contributed by atoms with Crippen LogP contribution in [0.25, 0.3) is 0 Å². The van der Waals surface area contributed by atoms with E-state index in [1.165, 1.54) is 180 Å². The van der Waals surface area contributed by atoms with Gasteiger partial charge in [-0.2, -0.15) is 0 Å². The van der Waals surface area contributed by atoms with Gasteiger partial charge in [0, 0.05) is 25.7 Å². The van der Waals surface area contributed by atoms with Crippen molar-refractivity contribution in [3.8, 4) is 0 Å². The molecule has 0 rings (SSSR count). The van der Waals surface area contributed by atoms with Crippen molar-refractivity contribution in [2.24, 2.45) is 17.8 Å². The highest BCUT2D eigenvalue weighted by Crippen LogP contribution is 2.45. The van der Waals surface area contributed by atoms with Crippen molar-refractivity contribution in [1.29, 1.82) is 0 Å². The van der Waals surface area contributed by atoms with Gasteiger partial charge >= 0.3 is 39.5 Å². The minimum Gasteiger partial charge on any atom is -0.462 e. The molecule has 0 aromatic carbocycles. The molecule has 99 heavy (non-hydrogen) atoms. The van der Waals surface area contributed by atoms with Crippen LogP contribution in [0.4, 0.5) is 0 Å². The van der Waals surface area contributed by atoms with E-state index in [1.807, 2.05) is 0 Å². The zero-order valence-corrected chi connectivity index (χ0v) is 66.2. The molecule has 0 saturated heterocycles. The molecule has 19 heteroatoms. The Morgan fingerprint density at radius 1 is 0.333 bits per heavy atom. The molecule has 584 valence electrons. The molecule has 0 amide bonds. The number of rotatable bonds is 76. The van der Waals surface area contributed by atoms with E-state index in [0.29, 0.717) is 31.6 Å². The number of phosphoric acid groups is 2. The predicted octanol–water partition coefficient (Wildman–Crippen LogP) is 23.3. The SMILES string of the molecule is CCCCCC/C=C\C=C/CCCCCCCC(=O)O[C@H](COC(=O)CCCCCCCCC(C)C)COP(=O)(O)OC[C@H](O)COP(=O)(O)OC[C@@H](COC(=O)CCCCCCCCCCCCCCCCC(C)C)OC(=O)CCCCCCCCCCCCCCCCC(C)CC. The zero-order valence-electron chi connectivity index (χ0n) is 64.4. The number of unbranched alkanes of at least 4 members (excludes halogenated alkanes) is 40. The van der Waals surface area contributed by atoms with Crippen LogP contribution in [0.2, 0.25) is 0 Å². The van der Waals surface area contributed by atoms with Crippen LogP contribution < -0.4 is 0 Å². The number of carbonyl (C=O) groups excluding carboxylic acids is 4. The van der Waals surface area contributed by atoms with Gasteiger partial charge in [0.25, 0.3) is 0 Å². The topological polar surface area (TPSA) is 237 Å². The Bertz CT molecular complexity index is 2020. The number of carbonyl (C=O) groups is 4. The first kappa shape index (κ1) is 96.5. The molecule has 3 N–H and O–H groups in total. The first-order chi connectivity index (χ1) is 47.8. The van der Waals surface area contributed by atoms with Gasteiger partial charge in [-0.15, -0.1) is 0 Å². The van der Waals surface area contributed by atoms with Gasteiger partial charge in [0.15, 0.2) is 12.2 Å². The van der Waals surface area contributed by atoms with Gasteiger partial charge < -0.3 is 33.8 Å². The number of ether oxygens (including phenoxy) is 4. The van der Waals surface area contributed by atoms with Crippen LogP contribution >= 0.6 is 15.6 Å².